The Morgan fingerprint density at radius 3 is 1.97 bits per heavy atom. The summed E-state index contributed by atoms with van der Waals surface area (Å²) in [6.45, 7) is 8.05. The van der Waals surface area contributed by atoms with Gasteiger partial charge < -0.3 is 14.6 Å². The van der Waals surface area contributed by atoms with Crippen molar-refractivity contribution in [3.05, 3.63) is 126 Å². The lowest BCUT2D eigenvalue weighted by atomic mass is 9.88. The van der Waals surface area contributed by atoms with Crippen molar-refractivity contribution in [3.63, 3.8) is 0 Å². The van der Waals surface area contributed by atoms with E-state index >= 15 is 0 Å². The number of hydrogen-bond acceptors (Lipinski definition) is 4. The molecule has 202 valence electrons. The lowest BCUT2D eigenvalue weighted by molar-refractivity contribution is -0.139. The molecule has 0 saturated carbocycles. The number of carbonyl (C=O) groups excluding carboxylic acids is 1. The largest absolute Gasteiger partial charge is 0.495 e. The fraction of sp³-hybridized carbons (Fsp3) is 0.235. The van der Waals surface area contributed by atoms with Crippen molar-refractivity contribution in [2.45, 2.75) is 33.1 Å². The van der Waals surface area contributed by atoms with Crippen LogP contribution in [0.25, 0.3) is 17.2 Å². The second kappa shape index (κ2) is 15.1. The van der Waals surface area contributed by atoms with Gasteiger partial charge in [0.1, 0.15) is 13.2 Å². The first-order valence-corrected chi connectivity index (χ1v) is 13.2. The summed E-state index contributed by atoms with van der Waals surface area (Å²) < 4.78 is 10.7. The molecule has 5 heteroatoms. The van der Waals surface area contributed by atoms with Crippen LogP contribution >= 0.6 is 0 Å². The molecule has 1 N–H and O–H groups in total. The summed E-state index contributed by atoms with van der Waals surface area (Å²) in [6, 6.07) is 29.0. The van der Waals surface area contributed by atoms with Crippen molar-refractivity contribution < 1.29 is 24.2 Å². The van der Waals surface area contributed by atoms with E-state index in [1.165, 1.54) is 22.8 Å². The molecule has 0 aliphatic heterocycles. The predicted molar refractivity (Wildman–Crippen MR) is 157 cm³/mol. The summed E-state index contributed by atoms with van der Waals surface area (Å²) in [5, 5.41) is 8.83. The summed E-state index contributed by atoms with van der Waals surface area (Å²) in [5.74, 6) is -0.901. The quantitative estimate of drug-likeness (QED) is 0.0771. The number of hydrogen-bond donors (Lipinski definition) is 1. The van der Waals surface area contributed by atoms with Crippen LogP contribution in [0.3, 0.4) is 0 Å². The molecule has 0 heterocycles. The second-order valence-corrected chi connectivity index (χ2v) is 9.36. The first kappa shape index (κ1) is 29.2. The van der Waals surface area contributed by atoms with Crippen molar-refractivity contribution in [2.75, 3.05) is 13.2 Å². The van der Waals surface area contributed by atoms with Crippen molar-refractivity contribution in [3.8, 4) is 0 Å². The van der Waals surface area contributed by atoms with E-state index in [-0.39, 0.29) is 25.6 Å². The highest BCUT2D eigenvalue weighted by Crippen LogP contribution is 2.34. The van der Waals surface area contributed by atoms with Gasteiger partial charge in [-0.2, -0.15) is 0 Å². The van der Waals surface area contributed by atoms with Crippen LogP contribution in [0.5, 0.6) is 0 Å². The zero-order valence-electron chi connectivity index (χ0n) is 22.6. The van der Waals surface area contributed by atoms with Crippen LogP contribution < -0.4 is 0 Å². The van der Waals surface area contributed by atoms with Crippen LogP contribution in [0.1, 0.15) is 55.4 Å². The molecule has 0 radical (unpaired) electrons. The molecule has 5 nitrogen and oxygen atoms in total. The van der Waals surface area contributed by atoms with Crippen LogP contribution in [0.15, 0.2) is 103 Å². The van der Waals surface area contributed by atoms with Gasteiger partial charge in [-0.3, -0.25) is 4.79 Å². The number of aliphatic carboxylic acids is 1. The van der Waals surface area contributed by atoms with Gasteiger partial charge in [0.25, 0.3) is 0 Å². The van der Waals surface area contributed by atoms with Gasteiger partial charge in [0.05, 0.1) is 5.76 Å². The third-order valence-corrected chi connectivity index (χ3v) is 6.18. The van der Waals surface area contributed by atoms with E-state index in [9.17, 15) is 9.59 Å². The molecule has 0 spiro atoms. The molecule has 3 aromatic carbocycles. The van der Waals surface area contributed by atoms with Crippen molar-refractivity contribution in [2.24, 2.45) is 5.92 Å². The predicted octanol–water partition coefficient (Wildman–Crippen LogP) is 7.64. The molecule has 1 atom stereocenters. The molecule has 0 fully saturated rings. The third kappa shape index (κ3) is 9.46. The molecule has 0 bridgehead atoms. The summed E-state index contributed by atoms with van der Waals surface area (Å²) in [6.07, 6.45) is 4.51. The second-order valence-electron chi connectivity index (χ2n) is 9.36. The molecule has 3 aromatic rings. The topological polar surface area (TPSA) is 72.8 Å². The first-order valence-electron chi connectivity index (χ1n) is 13.2. The van der Waals surface area contributed by atoms with Gasteiger partial charge in [-0.1, -0.05) is 105 Å². The van der Waals surface area contributed by atoms with Gasteiger partial charge in [-0.15, -0.1) is 0 Å². The molecular weight excluding hydrogens is 488 g/mol. The van der Waals surface area contributed by atoms with Crippen LogP contribution in [0, 0.1) is 5.92 Å². The zero-order chi connectivity index (χ0) is 28.0. The average molecular weight is 525 g/mol. The fourth-order valence-corrected chi connectivity index (χ4v) is 4.40. The minimum Gasteiger partial charge on any atom is -0.495 e. The van der Waals surface area contributed by atoms with E-state index < -0.39 is 11.9 Å². The minimum absolute atomic E-state index is 0.0553. The Balaban J connectivity index is 1.62. The van der Waals surface area contributed by atoms with E-state index in [0.29, 0.717) is 12.2 Å². The standard InChI is InChI=1S/C34H36O5/c1-4-31(28-11-7-5-8-12-28)34(29-13-9-6-10-14-29)30-18-15-27(16-19-30)17-20-33(37)39-22-21-38-26(3)23-25(2)24-32(35)36/h5-20,25H,3-4,21-24H2,1-2H3,(H,35,36). The molecule has 0 saturated heterocycles. The average Bonchev–Trinajstić information content (AvgIpc) is 2.93. The number of allylic oxidation sites excluding steroid dienone is 2. The van der Waals surface area contributed by atoms with Crippen molar-refractivity contribution in [1.82, 2.24) is 0 Å². The smallest absolute Gasteiger partial charge is 0.330 e. The van der Waals surface area contributed by atoms with Crippen molar-refractivity contribution in [1.29, 1.82) is 0 Å². The number of rotatable bonds is 14. The summed E-state index contributed by atoms with van der Waals surface area (Å²) in [7, 11) is 0. The maximum Gasteiger partial charge on any atom is 0.330 e. The van der Waals surface area contributed by atoms with Crippen LogP contribution in [-0.2, 0) is 19.1 Å². The van der Waals surface area contributed by atoms with Gasteiger partial charge in [-0.25, -0.2) is 4.79 Å². The Bertz CT molecular complexity index is 1290. The van der Waals surface area contributed by atoms with E-state index in [0.717, 1.165) is 23.1 Å². The summed E-state index contributed by atoms with van der Waals surface area (Å²) in [5.41, 5.74) is 6.82. The Labute approximate surface area is 231 Å². The van der Waals surface area contributed by atoms with Crippen molar-refractivity contribution >= 4 is 29.2 Å². The normalized spacial score (nSPS) is 12.5. The molecule has 39 heavy (non-hydrogen) atoms. The molecule has 0 amide bonds. The summed E-state index contributed by atoms with van der Waals surface area (Å²) in [4.78, 5) is 22.9. The number of carboxylic acids is 1. The van der Waals surface area contributed by atoms with Gasteiger partial charge in [0.2, 0.25) is 0 Å². The number of esters is 1. The number of benzene rings is 3. The highest BCUT2D eigenvalue weighted by molar-refractivity contribution is 5.98. The van der Waals surface area contributed by atoms with Gasteiger partial charge >= 0.3 is 11.9 Å². The number of carboxylic acid groups (broad SMARTS) is 1. The Morgan fingerprint density at radius 1 is 0.821 bits per heavy atom. The number of carbonyl (C=O) groups is 2. The van der Waals surface area contributed by atoms with Crippen LogP contribution in [-0.4, -0.2) is 30.3 Å². The molecule has 0 aliphatic carbocycles. The Hall–Kier alpha value is -4.38. The van der Waals surface area contributed by atoms with E-state index in [2.05, 4.69) is 74.2 Å². The maximum atomic E-state index is 12.1. The van der Waals surface area contributed by atoms with E-state index in [1.807, 2.05) is 31.2 Å². The highest BCUT2D eigenvalue weighted by Gasteiger charge is 2.13. The Kier molecular flexibility index (Phi) is 11.3. The van der Waals surface area contributed by atoms with E-state index in [4.69, 9.17) is 14.6 Å². The molecule has 0 aliphatic rings. The third-order valence-electron chi connectivity index (χ3n) is 6.18. The van der Waals surface area contributed by atoms with Gasteiger partial charge in [0, 0.05) is 18.9 Å². The van der Waals surface area contributed by atoms with Crippen LogP contribution in [0.2, 0.25) is 0 Å². The minimum atomic E-state index is -0.850. The van der Waals surface area contributed by atoms with Gasteiger partial charge in [0.15, 0.2) is 0 Å². The van der Waals surface area contributed by atoms with E-state index in [1.54, 1.807) is 6.08 Å². The SMILES string of the molecule is C=C(CC(C)CC(=O)O)OCCOC(=O)C=Cc1ccc(C(=C(CC)c2ccccc2)c2ccccc2)cc1. The zero-order valence-corrected chi connectivity index (χ0v) is 22.6. The monoisotopic (exact) mass is 524 g/mol. The maximum absolute atomic E-state index is 12.1. The molecular formula is C34H36O5. The molecule has 0 aromatic heterocycles. The van der Waals surface area contributed by atoms with Crippen LogP contribution in [0.4, 0.5) is 0 Å². The molecule has 3 rings (SSSR count). The first-order chi connectivity index (χ1) is 18.9. The lowest BCUT2D eigenvalue weighted by Crippen LogP contribution is -2.10. The number of ether oxygens (including phenoxy) is 2. The fourth-order valence-electron chi connectivity index (χ4n) is 4.40. The Morgan fingerprint density at radius 2 is 1.38 bits per heavy atom. The highest BCUT2D eigenvalue weighted by atomic mass is 16.6. The summed E-state index contributed by atoms with van der Waals surface area (Å²) >= 11 is 0. The molecule has 1 unspecified atom stereocenters. The van der Waals surface area contributed by atoms with Gasteiger partial charge in [-0.05, 0) is 51.8 Å². The lowest BCUT2D eigenvalue weighted by Gasteiger charge is -2.16.